The van der Waals surface area contributed by atoms with Gasteiger partial charge in [0.2, 0.25) is 0 Å². The van der Waals surface area contributed by atoms with Crippen LogP contribution in [0.5, 0.6) is 17.2 Å². The van der Waals surface area contributed by atoms with Crippen molar-refractivity contribution in [2.24, 2.45) is 11.1 Å². The third kappa shape index (κ3) is 8.04. The maximum Gasteiger partial charge on any atom is 0.437 e. The summed E-state index contributed by atoms with van der Waals surface area (Å²) in [5.41, 5.74) is 0.677. The van der Waals surface area contributed by atoms with Gasteiger partial charge in [0.25, 0.3) is 0 Å². The van der Waals surface area contributed by atoms with Gasteiger partial charge >= 0.3 is 6.18 Å². The lowest BCUT2D eigenvalue weighted by Crippen LogP contribution is -2.24. The third-order valence-corrected chi connectivity index (χ3v) is 4.62. The van der Waals surface area contributed by atoms with Gasteiger partial charge in [-0.1, -0.05) is 36.4 Å². The molecule has 180 valence electrons. The van der Waals surface area contributed by atoms with Gasteiger partial charge in [-0.15, -0.1) is 0 Å². The van der Waals surface area contributed by atoms with Crippen LogP contribution in [0.4, 0.5) is 13.2 Å². The first-order chi connectivity index (χ1) is 15.7. The summed E-state index contributed by atoms with van der Waals surface area (Å²) in [6.07, 6.45) is -0.779. The quantitative estimate of drug-likeness (QED) is 0.223. The predicted molar refractivity (Wildman–Crippen MR) is 122 cm³/mol. The van der Waals surface area contributed by atoms with Gasteiger partial charge in [0, 0.05) is 11.5 Å². The number of oxime groups is 1. The fourth-order valence-electron chi connectivity index (χ4n) is 3.07. The van der Waals surface area contributed by atoms with Crippen LogP contribution in [0.25, 0.3) is 0 Å². The van der Waals surface area contributed by atoms with E-state index < -0.39 is 11.9 Å². The van der Waals surface area contributed by atoms with Gasteiger partial charge in [0.05, 0.1) is 13.2 Å². The molecule has 1 atom stereocenters. The van der Waals surface area contributed by atoms with E-state index in [0.717, 1.165) is 29.7 Å². The number of ether oxygens (including phenoxy) is 3. The molecule has 0 N–H and O–H groups in total. The molecule has 0 bridgehead atoms. The van der Waals surface area contributed by atoms with Crippen molar-refractivity contribution in [1.29, 1.82) is 0 Å². The Kier molecular flexibility index (Phi) is 9.63. The molecule has 2 aromatic rings. The summed E-state index contributed by atoms with van der Waals surface area (Å²) in [6, 6.07) is 9.53. The zero-order valence-electron chi connectivity index (χ0n) is 19.5. The van der Waals surface area contributed by atoms with E-state index in [4.69, 9.17) is 14.2 Å². The SMILES string of the molecule is C/C=C/COc1cc(C)c(OCC(C)COc2cccc(C(=NOC)C(F)(F)F)c2)c(C)c1. The van der Waals surface area contributed by atoms with E-state index in [2.05, 4.69) is 9.99 Å². The molecule has 0 aliphatic heterocycles. The number of allylic oxidation sites excluding steroid dienone is 1. The minimum absolute atomic E-state index is 0.00666. The summed E-state index contributed by atoms with van der Waals surface area (Å²) < 4.78 is 57.0. The van der Waals surface area contributed by atoms with Gasteiger partial charge in [-0.3, -0.25) is 0 Å². The van der Waals surface area contributed by atoms with E-state index in [0.29, 0.717) is 19.0 Å². The smallest absolute Gasteiger partial charge is 0.437 e. The number of hydrogen-bond donors (Lipinski definition) is 0. The van der Waals surface area contributed by atoms with Crippen LogP contribution in [0.2, 0.25) is 0 Å². The molecule has 33 heavy (non-hydrogen) atoms. The van der Waals surface area contributed by atoms with Crippen molar-refractivity contribution in [1.82, 2.24) is 0 Å². The Morgan fingerprint density at radius 3 is 2.27 bits per heavy atom. The second kappa shape index (κ2) is 12.2. The van der Waals surface area contributed by atoms with Crippen LogP contribution < -0.4 is 14.2 Å². The third-order valence-electron chi connectivity index (χ3n) is 4.62. The lowest BCUT2D eigenvalue weighted by Gasteiger charge is -2.18. The number of aryl methyl sites for hydroxylation is 2. The minimum Gasteiger partial charge on any atom is -0.493 e. The monoisotopic (exact) mass is 465 g/mol. The summed E-state index contributed by atoms with van der Waals surface area (Å²) in [7, 11) is 1.07. The second-order valence-corrected chi connectivity index (χ2v) is 7.64. The molecule has 2 rings (SSSR count). The lowest BCUT2D eigenvalue weighted by atomic mass is 10.1. The molecule has 0 aromatic heterocycles. The molecule has 0 amide bonds. The number of nitrogens with zero attached hydrogens (tertiary/aromatic N) is 1. The normalized spacial score (nSPS) is 13.2. The molecular weight excluding hydrogens is 435 g/mol. The maximum atomic E-state index is 13.2. The van der Waals surface area contributed by atoms with Gasteiger partial charge in [-0.25, -0.2) is 0 Å². The van der Waals surface area contributed by atoms with E-state index in [1.54, 1.807) is 6.07 Å². The highest BCUT2D eigenvalue weighted by Gasteiger charge is 2.38. The number of hydrogen-bond acceptors (Lipinski definition) is 5. The van der Waals surface area contributed by atoms with Gasteiger partial charge in [-0.2, -0.15) is 13.2 Å². The second-order valence-electron chi connectivity index (χ2n) is 7.64. The van der Waals surface area contributed by atoms with Crippen molar-refractivity contribution in [3.63, 3.8) is 0 Å². The number of rotatable bonds is 11. The van der Waals surface area contributed by atoms with Crippen molar-refractivity contribution >= 4 is 5.71 Å². The average Bonchev–Trinajstić information content (AvgIpc) is 2.75. The summed E-state index contributed by atoms with van der Waals surface area (Å²) in [4.78, 5) is 4.35. The van der Waals surface area contributed by atoms with Gasteiger partial charge < -0.3 is 19.0 Å². The molecule has 0 aliphatic rings. The van der Waals surface area contributed by atoms with Crippen molar-refractivity contribution < 1.29 is 32.2 Å². The van der Waals surface area contributed by atoms with Crippen LogP contribution >= 0.6 is 0 Å². The highest BCUT2D eigenvalue weighted by molar-refractivity contribution is 6.04. The summed E-state index contributed by atoms with van der Waals surface area (Å²) in [5, 5.41) is 3.11. The Labute approximate surface area is 192 Å². The van der Waals surface area contributed by atoms with Crippen LogP contribution in [0.3, 0.4) is 0 Å². The van der Waals surface area contributed by atoms with E-state index >= 15 is 0 Å². The molecule has 0 saturated heterocycles. The number of benzene rings is 2. The summed E-state index contributed by atoms with van der Waals surface area (Å²) in [6.45, 7) is 8.96. The molecular formula is C25H30F3NO4. The molecule has 1 unspecified atom stereocenters. The van der Waals surface area contributed by atoms with Crippen molar-refractivity contribution in [3.8, 4) is 17.2 Å². The average molecular weight is 466 g/mol. The number of alkyl halides is 3. The van der Waals surface area contributed by atoms with Gasteiger partial charge in [0.15, 0.2) is 5.71 Å². The Balaban J connectivity index is 1.96. The van der Waals surface area contributed by atoms with Crippen molar-refractivity contribution in [2.75, 3.05) is 26.9 Å². The summed E-state index contributed by atoms with van der Waals surface area (Å²) in [5.74, 6) is 1.87. The number of halogens is 3. The molecule has 2 aromatic carbocycles. The van der Waals surface area contributed by atoms with E-state index in [1.165, 1.54) is 18.2 Å². The fourth-order valence-corrected chi connectivity index (χ4v) is 3.07. The van der Waals surface area contributed by atoms with Crippen LogP contribution in [-0.2, 0) is 4.84 Å². The molecule has 8 heteroatoms. The molecule has 0 fully saturated rings. The molecule has 5 nitrogen and oxygen atoms in total. The van der Waals surface area contributed by atoms with Gasteiger partial charge in [-0.05, 0) is 56.2 Å². The first kappa shape index (κ1) is 26.1. The molecule has 0 aliphatic carbocycles. The fraction of sp³-hybridized carbons (Fsp3) is 0.400. The van der Waals surface area contributed by atoms with Crippen LogP contribution in [0, 0.1) is 19.8 Å². The standard InChI is InChI=1S/C25H30F3NO4/c1-6-7-11-31-22-12-18(3)23(19(4)13-22)33-16-17(2)15-32-21-10-8-9-20(14-21)24(29-30-5)25(26,27)28/h6-10,12-14,17H,11,15-16H2,1-5H3/b7-6+,29-24?. The Bertz CT molecular complexity index is 947. The van der Waals surface area contributed by atoms with Gasteiger partial charge in [0.1, 0.15) is 31.0 Å². The largest absolute Gasteiger partial charge is 0.493 e. The maximum absolute atomic E-state index is 13.2. The zero-order chi connectivity index (χ0) is 24.4. The topological polar surface area (TPSA) is 49.3 Å². The Hall–Kier alpha value is -3.16. The Morgan fingerprint density at radius 2 is 1.67 bits per heavy atom. The van der Waals surface area contributed by atoms with Crippen molar-refractivity contribution in [2.45, 2.75) is 33.9 Å². The lowest BCUT2D eigenvalue weighted by molar-refractivity contribution is -0.0608. The molecule has 0 heterocycles. The van der Waals surface area contributed by atoms with Crippen LogP contribution in [-0.4, -0.2) is 38.8 Å². The highest BCUT2D eigenvalue weighted by atomic mass is 19.4. The molecule has 0 saturated carbocycles. The van der Waals surface area contributed by atoms with E-state index in [-0.39, 0.29) is 18.1 Å². The first-order valence-corrected chi connectivity index (χ1v) is 10.5. The van der Waals surface area contributed by atoms with E-state index in [1.807, 2.05) is 52.0 Å². The predicted octanol–water partition coefficient (Wildman–Crippen LogP) is 6.27. The Morgan fingerprint density at radius 1 is 1.00 bits per heavy atom. The molecule has 0 spiro atoms. The molecule has 0 radical (unpaired) electrons. The van der Waals surface area contributed by atoms with Crippen LogP contribution in [0.15, 0.2) is 53.7 Å². The van der Waals surface area contributed by atoms with Crippen LogP contribution in [0.1, 0.15) is 30.5 Å². The first-order valence-electron chi connectivity index (χ1n) is 10.5. The van der Waals surface area contributed by atoms with E-state index in [9.17, 15) is 13.2 Å². The minimum atomic E-state index is -4.64. The summed E-state index contributed by atoms with van der Waals surface area (Å²) >= 11 is 0. The zero-order valence-corrected chi connectivity index (χ0v) is 19.5. The highest BCUT2D eigenvalue weighted by Crippen LogP contribution is 2.29. The van der Waals surface area contributed by atoms with Crippen molar-refractivity contribution in [3.05, 3.63) is 65.2 Å².